The molecule has 1 aromatic heterocycles. The van der Waals surface area contributed by atoms with E-state index in [-0.39, 0.29) is 5.41 Å². The summed E-state index contributed by atoms with van der Waals surface area (Å²) in [5.41, 5.74) is 2.15. The SMILES string of the molecule is O=C(O)CC1(CSCc2ccn(-c3ccccc3)n2)CC1. The Labute approximate surface area is 128 Å². The van der Waals surface area contributed by atoms with Gasteiger partial charge in [0.15, 0.2) is 0 Å². The molecule has 21 heavy (non-hydrogen) atoms. The minimum Gasteiger partial charge on any atom is -0.481 e. The maximum atomic E-state index is 10.8. The molecule has 110 valence electrons. The van der Waals surface area contributed by atoms with E-state index in [0.29, 0.717) is 6.42 Å². The number of aromatic nitrogens is 2. The number of para-hydroxylation sites is 1. The molecule has 0 unspecified atom stereocenters. The van der Waals surface area contributed by atoms with Gasteiger partial charge < -0.3 is 5.11 Å². The molecule has 1 heterocycles. The van der Waals surface area contributed by atoms with Gasteiger partial charge in [-0.15, -0.1) is 0 Å². The highest BCUT2D eigenvalue weighted by atomic mass is 32.2. The predicted molar refractivity (Wildman–Crippen MR) is 83.6 cm³/mol. The Morgan fingerprint density at radius 2 is 2.05 bits per heavy atom. The highest BCUT2D eigenvalue weighted by Crippen LogP contribution is 2.51. The van der Waals surface area contributed by atoms with Crippen LogP contribution < -0.4 is 0 Å². The van der Waals surface area contributed by atoms with E-state index in [1.807, 2.05) is 47.3 Å². The van der Waals surface area contributed by atoms with Crippen molar-refractivity contribution in [3.8, 4) is 5.69 Å². The second-order valence-electron chi connectivity index (χ2n) is 5.65. The van der Waals surface area contributed by atoms with Gasteiger partial charge in [0.2, 0.25) is 0 Å². The molecule has 1 aromatic carbocycles. The van der Waals surface area contributed by atoms with Crippen LogP contribution in [0.1, 0.15) is 25.0 Å². The number of carbonyl (C=O) groups is 1. The quantitative estimate of drug-likeness (QED) is 0.852. The summed E-state index contributed by atoms with van der Waals surface area (Å²) in [5.74, 6) is 1.07. The highest BCUT2D eigenvalue weighted by Gasteiger charge is 2.44. The van der Waals surface area contributed by atoms with Gasteiger partial charge in [0.05, 0.1) is 17.8 Å². The number of hydrogen-bond donors (Lipinski definition) is 1. The zero-order valence-corrected chi connectivity index (χ0v) is 12.6. The predicted octanol–water partition coefficient (Wildman–Crippen LogP) is 3.36. The third-order valence-corrected chi connectivity index (χ3v) is 5.12. The third-order valence-electron chi connectivity index (χ3n) is 3.81. The number of carboxylic acids is 1. The fourth-order valence-electron chi connectivity index (χ4n) is 2.41. The van der Waals surface area contributed by atoms with Crippen LogP contribution in [0.2, 0.25) is 0 Å². The van der Waals surface area contributed by atoms with E-state index in [4.69, 9.17) is 5.11 Å². The first kappa shape index (κ1) is 14.2. The lowest BCUT2D eigenvalue weighted by Gasteiger charge is -2.10. The molecule has 1 N–H and O–H groups in total. The van der Waals surface area contributed by atoms with Crippen LogP contribution in [0.25, 0.3) is 5.69 Å². The lowest BCUT2D eigenvalue weighted by molar-refractivity contribution is -0.138. The summed E-state index contributed by atoms with van der Waals surface area (Å²) in [6.45, 7) is 0. The first-order valence-corrected chi connectivity index (χ1v) is 8.22. The van der Waals surface area contributed by atoms with E-state index in [0.717, 1.165) is 35.7 Å². The Kier molecular flexibility index (Phi) is 4.01. The van der Waals surface area contributed by atoms with Gasteiger partial charge in [-0.05, 0) is 42.2 Å². The van der Waals surface area contributed by atoms with E-state index < -0.39 is 5.97 Å². The van der Waals surface area contributed by atoms with Crippen LogP contribution in [-0.2, 0) is 10.5 Å². The minimum absolute atomic E-state index is 0.0541. The topological polar surface area (TPSA) is 55.1 Å². The van der Waals surface area contributed by atoms with Crippen molar-refractivity contribution in [1.29, 1.82) is 0 Å². The minimum atomic E-state index is -0.679. The van der Waals surface area contributed by atoms with Crippen molar-refractivity contribution in [3.63, 3.8) is 0 Å². The Balaban J connectivity index is 1.53. The molecule has 4 nitrogen and oxygen atoms in total. The molecule has 0 amide bonds. The first-order chi connectivity index (χ1) is 10.2. The van der Waals surface area contributed by atoms with Crippen LogP contribution in [-0.4, -0.2) is 26.6 Å². The summed E-state index contributed by atoms with van der Waals surface area (Å²) in [6, 6.07) is 12.0. The number of aliphatic carboxylic acids is 1. The molecular formula is C16H18N2O2S. The van der Waals surface area contributed by atoms with Gasteiger partial charge in [-0.2, -0.15) is 16.9 Å². The van der Waals surface area contributed by atoms with Gasteiger partial charge in [-0.1, -0.05) is 18.2 Å². The summed E-state index contributed by atoms with van der Waals surface area (Å²) in [6.07, 6.45) is 4.36. The molecule has 1 aliphatic carbocycles. The van der Waals surface area contributed by atoms with E-state index in [9.17, 15) is 4.79 Å². The van der Waals surface area contributed by atoms with E-state index in [1.54, 1.807) is 11.8 Å². The summed E-state index contributed by atoms with van der Waals surface area (Å²) in [4.78, 5) is 10.8. The van der Waals surface area contributed by atoms with Crippen molar-refractivity contribution in [2.45, 2.75) is 25.0 Å². The maximum Gasteiger partial charge on any atom is 0.303 e. The number of carboxylic acid groups (broad SMARTS) is 1. The fourth-order valence-corrected chi connectivity index (χ4v) is 3.69. The summed E-state index contributed by atoms with van der Waals surface area (Å²) in [5, 5.41) is 13.5. The van der Waals surface area contributed by atoms with Gasteiger partial charge in [-0.25, -0.2) is 4.68 Å². The lowest BCUT2D eigenvalue weighted by atomic mass is 10.1. The molecule has 3 rings (SSSR count). The smallest absolute Gasteiger partial charge is 0.303 e. The molecule has 5 heteroatoms. The number of nitrogens with zero attached hydrogens (tertiary/aromatic N) is 2. The van der Waals surface area contributed by atoms with E-state index >= 15 is 0 Å². The van der Waals surface area contributed by atoms with Gasteiger partial charge in [0, 0.05) is 11.9 Å². The largest absolute Gasteiger partial charge is 0.481 e. The van der Waals surface area contributed by atoms with Crippen molar-refractivity contribution >= 4 is 17.7 Å². The number of hydrogen-bond acceptors (Lipinski definition) is 3. The second-order valence-corrected chi connectivity index (χ2v) is 6.64. The number of thioether (sulfide) groups is 1. The Morgan fingerprint density at radius 1 is 1.29 bits per heavy atom. The van der Waals surface area contributed by atoms with Crippen molar-refractivity contribution in [2.24, 2.45) is 5.41 Å². The lowest BCUT2D eigenvalue weighted by Crippen LogP contribution is -2.11. The normalized spacial score (nSPS) is 15.8. The molecular weight excluding hydrogens is 284 g/mol. The Morgan fingerprint density at radius 3 is 2.71 bits per heavy atom. The number of benzene rings is 1. The monoisotopic (exact) mass is 302 g/mol. The molecule has 0 bridgehead atoms. The van der Waals surface area contributed by atoms with Gasteiger partial charge in [-0.3, -0.25) is 4.79 Å². The Hall–Kier alpha value is -1.75. The van der Waals surface area contributed by atoms with Crippen LogP contribution >= 0.6 is 11.8 Å². The van der Waals surface area contributed by atoms with E-state index in [1.165, 1.54) is 0 Å². The van der Waals surface area contributed by atoms with Crippen LogP contribution in [0.3, 0.4) is 0 Å². The van der Waals surface area contributed by atoms with Crippen molar-refractivity contribution in [1.82, 2.24) is 9.78 Å². The molecule has 0 saturated heterocycles. The zero-order chi connectivity index (χ0) is 14.7. The molecule has 1 saturated carbocycles. The number of rotatable bonds is 7. The van der Waals surface area contributed by atoms with Gasteiger partial charge in [0.1, 0.15) is 0 Å². The standard InChI is InChI=1S/C16H18N2O2S/c19-15(20)10-16(7-8-16)12-21-11-13-6-9-18(17-13)14-4-2-1-3-5-14/h1-6,9H,7-8,10-12H2,(H,19,20). The molecule has 0 spiro atoms. The van der Waals surface area contributed by atoms with Gasteiger partial charge in [0.25, 0.3) is 0 Å². The first-order valence-electron chi connectivity index (χ1n) is 7.06. The summed E-state index contributed by atoms with van der Waals surface area (Å²) in [7, 11) is 0. The summed E-state index contributed by atoms with van der Waals surface area (Å²) < 4.78 is 1.88. The van der Waals surface area contributed by atoms with Crippen LogP contribution in [0, 0.1) is 5.41 Å². The average Bonchev–Trinajstić information content (AvgIpc) is 3.05. The van der Waals surface area contributed by atoms with Crippen molar-refractivity contribution in [3.05, 3.63) is 48.3 Å². The van der Waals surface area contributed by atoms with Crippen LogP contribution in [0.4, 0.5) is 0 Å². The maximum absolute atomic E-state index is 10.8. The van der Waals surface area contributed by atoms with Crippen molar-refractivity contribution < 1.29 is 9.90 Å². The van der Waals surface area contributed by atoms with Crippen LogP contribution in [0.5, 0.6) is 0 Å². The average molecular weight is 302 g/mol. The zero-order valence-electron chi connectivity index (χ0n) is 11.7. The van der Waals surface area contributed by atoms with Gasteiger partial charge >= 0.3 is 5.97 Å². The Bertz CT molecular complexity index is 620. The van der Waals surface area contributed by atoms with Crippen LogP contribution in [0.15, 0.2) is 42.6 Å². The second kappa shape index (κ2) is 5.93. The molecule has 0 atom stereocenters. The fraction of sp³-hybridized carbons (Fsp3) is 0.375. The van der Waals surface area contributed by atoms with Crippen molar-refractivity contribution in [2.75, 3.05) is 5.75 Å². The third kappa shape index (κ3) is 3.67. The van der Waals surface area contributed by atoms with E-state index in [2.05, 4.69) is 5.10 Å². The molecule has 0 radical (unpaired) electrons. The molecule has 2 aromatic rings. The highest BCUT2D eigenvalue weighted by molar-refractivity contribution is 7.98. The molecule has 1 fully saturated rings. The molecule has 1 aliphatic rings. The summed E-state index contributed by atoms with van der Waals surface area (Å²) >= 11 is 1.79. The molecule has 0 aliphatic heterocycles.